The molecule has 0 atom stereocenters. The molecule has 6 heteroatoms. The average Bonchev–Trinajstić information content (AvgIpc) is 2.61. The van der Waals surface area contributed by atoms with Gasteiger partial charge in [-0.2, -0.15) is 0 Å². The fourth-order valence-electron chi connectivity index (χ4n) is 1.49. The van der Waals surface area contributed by atoms with Crippen molar-refractivity contribution in [2.75, 3.05) is 19.6 Å². The number of hydrogen-bond donors (Lipinski definition) is 1. The van der Waals surface area contributed by atoms with Crippen molar-refractivity contribution in [3.8, 4) is 0 Å². The number of aliphatic carboxylic acids is 1. The molecule has 0 radical (unpaired) electrons. The van der Waals surface area contributed by atoms with Gasteiger partial charge in [-0.15, -0.1) is 11.3 Å². The lowest BCUT2D eigenvalue weighted by molar-refractivity contribution is -0.147. The van der Waals surface area contributed by atoms with Crippen LogP contribution in [0.15, 0.2) is 11.6 Å². The first-order valence-electron chi connectivity index (χ1n) is 4.54. The van der Waals surface area contributed by atoms with Gasteiger partial charge in [-0.1, -0.05) is 0 Å². The van der Waals surface area contributed by atoms with Crippen molar-refractivity contribution in [3.05, 3.63) is 16.6 Å². The van der Waals surface area contributed by atoms with E-state index < -0.39 is 5.97 Å². The monoisotopic (exact) mass is 226 g/mol. The van der Waals surface area contributed by atoms with Crippen molar-refractivity contribution in [2.45, 2.75) is 0 Å². The van der Waals surface area contributed by atoms with Crippen LogP contribution < -0.4 is 0 Å². The van der Waals surface area contributed by atoms with E-state index in [1.165, 1.54) is 11.3 Å². The first-order chi connectivity index (χ1) is 7.16. The van der Waals surface area contributed by atoms with Crippen LogP contribution in [0.4, 0.5) is 0 Å². The van der Waals surface area contributed by atoms with Crippen LogP contribution in [0.5, 0.6) is 0 Å². The first kappa shape index (κ1) is 10.3. The second kappa shape index (κ2) is 4.08. The number of nitrogens with zero attached hydrogens (tertiary/aromatic N) is 2. The zero-order valence-corrected chi connectivity index (χ0v) is 8.74. The number of carboxylic acids is 1. The molecule has 80 valence electrons. The summed E-state index contributed by atoms with van der Waals surface area (Å²) in [5.74, 6) is -1.13. The van der Waals surface area contributed by atoms with E-state index in [1.807, 2.05) is 4.90 Å². The van der Waals surface area contributed by atoms with Crippen LogP contribution in [0, 0.1) is 5.92 Å². The van der Waals surface area contributed by atoms with Gasteiger partial charge in [0, 0.05) is 24.7 Å². The lowest BCUT2D eigenvalue weighted by atomic mass is 10.0. The number of likely N-dealkylation sites (tertiary alicyclic amines) is 1. The Kier molecular flexibility index (Phi) is 2.79. The maximum Gasteiger partial charge on any atom is 0.309 e. The topological polar surface area (TPSA) is 70.5 Å². The number of aromatic nitrogens is 1. The molecule has 1 aliphatic rings. The Bertz CT molecular complexity index is 371. The average molecular weight is 226 g/mol. The van der Waals surface area contributed by atoms with E-state index in [-0.39, 0.29) is 18.2 Å². The van der Waals surface area contributed by atoms with Gasteiger partial charge in [0.1, 0.15) is 0 Å². The van der Waals surface area contributed by atoms with Gasteiger partial charge < -0.3 is 5.11 Å². The first-order valence-corrected chi connectivity index (χ1v) is 5.42. The van der Waals surface area contributed by atoms with Crippen molar-refractivity contribution in [3.63, 3.8) is 0 Å². The van der Waals surface area contributed by atoms with E-state index in [0.29, 0.717) is 18.1 Å². The van der Waals surface area contributed by atoms with Crippen LogP contribution in [0.3, 0.4) is 0 Å². The minimum atomic E-state index is -0.784. The predicted molar refractivity (Wildman–Crippen MR) is 54.0 cm³/mol. The number of thiazole rings is 1. The summed E-state index contributed by atoms with van der Waals surface area (Å²) in [6.07, 6.45) is 1.59. The van der Waals surface area contributed by atoms with Crippen molar-refractivity contribution in [1.29, 1.82) is 0 Å². The molecule has 1 aromatic rings. The molecular weight excluding hydrogens is 216 g/mol. The minimum Gasteiger partial charge on any atom is -0.481 e. The van der Waals surface area contributed by atoms with Gasteiger partial charge in [-0.3, -0.25) is 14.5 Å². The number of ketones is 1. The van der Waals surface area contributed by atoms with E-state index in [9.17, 15) is 9.59 Å². The highest BCUT2D eigenvalue weighted by Crippen LogP contribution is 2.16. The van der Waals surface area contributed by atoms with E-state index in [1.54, 1.807) is 11.6 Å². The molecule has 5 nitrogen and oxygen atoms in total. The molecule has 0 amide bonds. The molecule has 0 spiro atoms. The molecule has 0 unspecified atom stereocenters. The highest BCUT2D eigenvalue weighted by atomic mass is 32.1. The smallest absolute Gasteiger partial charge is 0.309 e. The van der Waals surface area contributed by atoms with Crippen molar-refractivity contribution >= 4 is 23.1 Å². The molecule has 0 aromatic carbocycles. The summed E-state index contributed by atoms with van der Waals surface area (Å²) in [4.78, 5) is 27.8. The standard InChI is InChI=1S/C9H10N2O3S/c12-7(8-10-1-2-15-8)5-11-3-6(4-11)9(13)14/h1-2,6H,3-5H2,(H,13,14). The Labute approximate surface area is 90.4 Å². The molecule has 1 aliphatic heterocycles. The van der Waals surface area contributed by atoms with Gasteiger partial charge >= 0.3 is 5.97 Å². The number of carbonyl (C=O) groups excluding carboxylic acids is 1. The molecule has 1 fully saturated rings. The minimum absolute atomic E-state index is 0.0335. The van der Waals surface area contributed by atoms with E-state index >= 15 is 0 Å². The summed E-state index contributed by atoms with van der Waals surface area (Å²) in [5.41, 5.74) is 0. The molecule has 2 rings (SSSR count). The summed E-state index contributed by atoms with van der Waals surface area (Å²) >= 11 is 1.31. The molecule has 1 N–H and O–H groups in total. The second-order valence-electron chi connectivity index (χ2n) is 3.49. The van der Waals surface area contributed by atoms with Crippen LogP contribution >= 0.6 is 11.3 Å². The Balaban J connectivity index is 1.81. The number of rotatable bonds is 4. The summed E-state index contributed by atoms with van der Waals surface area (Å²) in [5, 5.41) is 10.9. The quantitative estimate of drug-likeness (QED) is 0.750. The summed E-state index contributed by atoms with van der Waals surface area (Å²) in [7, 11) is 0. The Morgan fingerprint density at radius 2 is 2.33 bits per heavy atom. The van der Waals surface area contributed by atoms with Crippen LogP contribution in [0.1, 0.15) is 9.80 Å². The van der Waals surface area contributed by atoms with Gasteiger partial charge in [-0.05, 0) is 0 Å². The third-order valence-electron chi connectivity index (χ3n) is 2.34. The normalized spacial score (nSPS) is 17.3. The molecular formula is C9H10N2O3S. The van der Waals surface area contributed by atoms with Crippen molar-refractivity contribution < 1.29 is 14.7 Å². The Morgan fingerprint density at radius 1 is 1.60 bits per heavy atom. The lowest BCUT2D eigenvalue weighted by Crippen LogP contribution is -2.51. The lowest BCUT2D eigenvalue weighted by Gasteiger charge is -2.35. The summed E-state index contributed by atoms with van der Waals surface area (Å²) in [6.45, 7) is 1.20. The number of hydrogen-bond acceptors (Lipinski definition) is 5. The largest absolute Gasteiger partial charge is 0.481 e. The second-order valence-corrected chi connectivity index (χ2v) is 4.38. The van der Waals surface area contributed by atoms with Gasteiger partial charge in [0.05, 0.1) is 12.5 Å². The van der Waals surface area contributed by atoms with Crippen LogP contribution in [-0.2, 0) is 4.79 Å². The van der Waals surface area contributed by atoms with Gasteiger partial charge in [0.15, 0.2) is 5.01 Å². The molecule has 0 aliphatic carbocycles. The SMILES string of the molecule is O=C(CN1CC(C(=O)O)C1)c1nccs1. The van der Waals surface area contributed by atoms with Crippen LogP contribution in [-0.4, -0.2) is 46.4 Å². The van der Waals surface area contributed by atoms with E-state index in [2.05, 4.69) is 4.98 Å². The zero-order chi connectivity index (χ0) is 10.8. The summed E-state index contributed by atoms with van der Waals surface area (Å²) < 4.78 is 0. The van der Waals surface area contributed by atoms with Crippen molar-refractivity contribution in [1.82, 2.24) is 9.88 Å². The van der Waals surface area contributed by atoms with Crippen LogP contribution in [0.2, 0.25) is 0 Å². The van der Waals surface area contributed by atoms with E-state index in [4.69, 9.17) is 5.11 Å². The number of carbonyl (C=O) groups is 2. The van der Waals surface area contributed by atoms with Gasteiger partial charge in [-0.25, -0.2) is 4.98 Å². The maximum absolute atomic E-state index is 11.5. The molecule has 0 bridgehead atoms. The fraction of sp³-hybridized carbons (Fsp3) is 0.444. The Morgan fingerprint density at radius 3 is 2.87 bits per heavy atom. The molecule has 1 aromatic heterocycles. The summed E-state index contributed by atoms with van der Waals surface area (Å²) in [6, 6.07) is 0. The Hall–Kier alpha value is -1.27. The molecule has 2 heterocycles. The van der Waals surface area contributed by atoms with Gasteiger partial charge in [0.2, 0.25) is 5.78 Å². The maximum atomic E-state index is 11.5. The molecule has 1 saturated heterocycles. The van der Waals surface area contributed by atoms with E-state index in [0.717, 1.165) is 0 Å². The van der Waals surface area contributed by atoms with Crippen molar-refractivity contribution in [2.24, 2.45) is 5.92 Å². The number of Topliss-reactive ketones (excluding diaryl/α,β-unsaturated/α-hetero) is 1. The highest BCUT2D eigenvalue weighted by molar-refractivity contribution is 7.11. The van der Waals surface area contributed by atoms with Crippen LogP contribution in [0.25, 0.3) is 0 Å². The fourth-order valence-corrected chi connectivity index (χ4v) is 2.06. The zero-order valence-electron chi connectivity index (χ0n) is 7.92. The third-order valence-corrected chi connectivity index (χ3v) is 3.16. The predicted octanol–water partition coefficient (Wildman–Crippen LogP) is 0.342. The molecule has 0 saturated carbocycles. The highest BCUT2D eigenvalue weighted by Gasteiger charge is 2.33. The van der Waals surface area contributed by atoms with Gasteiger partial charge in [0.25, 0.3) is 0 Å². The number of carboxylic acid groups (broad SMARTS) is 1. The third kappa shape index (κ3) is 2.21. The molecule has 15 heavy (non-hydrogen) atoms.